The molecule has 0 aromatic carbocycles. The van der Waals surface area contributed by atoms with Crippen molar-refractivity contribution in [3.05, 3.63) is 78.8 Å². The zero-order valence-electron chi connectivity index (χ0n) is 18.8. The number of amides is 1. The number of aliphatic carboxylic acids is 1. The average molecular weight is 498 g/mol. The molecule has 12 heteroatoms. The van der Waals surface area contributed by atoms with Crippen molar-refractivity contribution >= 4 is 17.5 Å². The zero-order chi connectivity index (χ0) is 25.7. The Labute approximate surface area is 203 Å². The number of nitrogens with zero attached hydrogens (tertiary/aromatic N) is 6. The Morgan fingerprint density at radius 3 is 2.25 bits per heavy atom. The first-order chi connectivity index (χ1) is 17.2. The summed E-state index contributed by atoms with van der Waals surface area (Å²) in [6.07, 6.45) is 3.85. The summed E-state index contributed by atoms with van der Waals surface area (Å²) in [5.41, 5.74) is 3.51. The van der Waals surface area contributed by atoms with Crippen molar-refractivity contribution in [2.45, 2.75) is 24.9 Å². The Balaban J connectivity index is 0.000000384. The number of carboxylic acids is 1. The van der Waals surface area contributed by atoms with Gasteiger partial charge in [0.1, 0.15) is 5.69 Å². The molecular weight excluding hydrogens is 477 g/mol. The first kappa shape index (κ1) is 24.8. The summed E-state index contributed by atoms with van der Waals surface area (Å²) >= 11 is 0. The monoisotopic (exact) mass is 498 g/mol. The van der Waals surface area contributed by atoms with Crippen LogP contribution >= 0.6 is 0 Å². The molecule has 1 aliphatic heterocycles. The quantitative estimate of drug-likeness (QED) is 0.457. The molecule has 36 heavy (non-hydrogen) atoms. The van der Waals surface area contributed by atoms with Gasteiger partial charge in [-0.1, -0.05) is 6.07 Å². The van der Waals surface area contributed by atoms with Crippen molar-refractivity contribution < 1.29 is 27.9 Å². The number of carboxylic acid groups (broad SMARTS) is 1. The minimum Gasteiger partial charge on any atom is -0.475 e. The minimum absolute atomic E-state index is 0.00555. The molecule has 4 aromatic rings. The molecule has 0 bridgehead atoms. The van der Waals surface area contributed by atoms with Gasteiger partial charge in [-0.3, -0.25) is 14.8 Å². The van der Waals surface area contributed by atoms with Crippen LogP contribution in [-0.2, 0) is 4.79 Å². The smallest absolute Gasteiger partial charge is 0.475 e. The lowest BCUT2D eigenvalue weighted by Gasteiger charge is -2.30. The van der Waals surface area contributed by atoms with Gasteiger partial charge in [0.25, 0.3) is 5.91 Å². The van der Waals surface area contributed by atoms with E-state index in [1.165, 1.54) is 0 Å². The number of fused-ring (bicyclic) bond motifs is 1. The highest BCUT2D eigenvalue weighted by Crippen LogP contribution is 2.27. The van der Waals surface area contributed by atoms with E-state index in [0.717, 1.165) is 35.4 Å². The van der Waals surface area contributed by atoms with Crippen molar-refractivity contribution in [3.63, 3.8) is 0 Å². The second-order valence-corrected chi connectivity index (χ2v) is 8.01. The molecule has 0 spiro atoms. The number of alkyl halides is 3. The standard InChI is InChI=1S/C22H20N6O.C2HF3O2/c29-22(19-3-1-2-10-24-19)27-13-8-17(9-14-27)21-25-20-5-4-18(15-28(20)26-21)16-6-11-23-12-7-16;3-2(4,5)1(6)7/h1-7,10-12,15,17H,8-9,13-14H2;(H,6,7). The van der Waals surface area contributed by atoms with Crippen LogP contribution in [0.1, 0.15) is 35.1 Å². The molecule has 1 saturated heterocycles. The van der Waals surface area contributed by atoms with Crippen LogP contribution in [0.15, 0.2) is 67.3 Å². The molecule has 1 amide bonds. The van der Waals surface area contributed by atoms with Crippen LogP contribution in [-0.4, -0.2) is 65.7 Å². The molecule has 5 heterocycles. The zero-order valence-corrected chi connectivity index (χ0v) is 18.8. The normalized spacial score (nSPS) is 14.2. The maximum Gasteiger partial charge on any atom is 0.490 e. The van der Waals surface area contributed by atoms with Gasteiger partial charge < -0.3 is 10.0 Å². The summed E-state index contributed by atoms with van der Waals surface area (Å²) < 4.78 is 33.6. The Hall–Kier alpha value is -4.35. The van der Waals surface area contributed by atoms with Crippen LogP contribution in [0.25, 0.3) is 16.8 Å². The van der Waals surface area contributed by atoms with Gasteiger partial charge in [-0.2, -0.15) is 18.3 Å². The molecule has 0 aliphatic carbocycles. The highest BCUT2D eigenvalue weighted by molar-refractivity contribution is 5.92. The second kappa shape index (κ2) is 10.5. The van der Waals surface area contributed by atoms with Crippen molar-refractivity contribution in [1.29, 1.82) is 0 Å². The topological polar surface area (TPSA) is 114 Å². The van der Waals surface area contributed by atoms with Crippen LogP contribution in [0.2, 0.25) is 0 Å². The van der Waals surface area contributed by atoms with Crippen LogP contribution in [0.4, 0.5) is 13.2 Å². The molecule has 1 fully saturated rings. The highest BCUT2D eigenvalue weighted by atomic mass is 19.4. The fraction of sp³-hybridized carbons (Fsp3) is 0.250. The van der Waals surface area contributed by atoms with Crippen molar-refractivity contribution in [2.75, 3.05) is 13.1 Å². The van der Waals surface area contributed by atoms with E-state index in [2.05, 4.69) is 16.0 Å². The van der Waals surface area contributed by atoms with E-state index in [0.29, 0.717) is 18.8 Å². The summed E-state index contributed by atoms with van der Waals surface area (Å²) in [5.74, 6) is -1.66. The van der Waals surface area contributed by atoms with Gasteiger partial charge in [0.15, 0.2) is 11.5 Å². The molecule has 5 rings (SSSR count). The van der Waals surface area contributed by atoms with Gasteiger partial charge in [0.2, 0.25) is 0 Å². The molecule has 4 aromatic heterocycles. The number of pyridine rings is 3. The predicted octanol–water partition coefficient (Wildman–Crippen LogP) is 3.84. The van der Waals surface area contributed by atoms with Gasteiger partial charge in [-0.25, -0.2) is 14.3 Å². The number of carbonyl (C=O) groups is 2. The predicted molar refractivity (Wildman–Crippen MR) is 122 cm³/mol. The third-order valence-corrected chi connectivity index (χ3v) is 5.63. The van der Waals surface area contributed by atoms with Crippen molar-refractivity contribution in [3.8, 4) is 11.1 Å². The van der Waals surface area contributed by atoms with Gasteiger partial charge >= 0.3 is 12.1 Å². The molecule has 0 unspecified atom stereocenters. The van der Waals surface area contributed by atoms with E-state index in [1.54, 1.807) is 24.7 Å². The third-order valence-electron chi connectivity index (χ3n) is 5.63. The first-order valence-corrected chi connectivity index (χ1v) is 11.0. The van der Waals surface area contributed by atoms with E-state index in [-0.39, 0.29) is 11.8 Å². The third kappa shape index (κ3) is 5.82. The molecule has 0 radical (unpaired) electrons. The minimum atomic E-state index is -5.08. The van der Waals surface area contributed by atoms with E-state index >= 15 is 0 Å². The number of hydrogen-bond donors (Lipinski definition) is 1. The van der Waals surface area contributed by atoms with Gasteiger partial charge in [0, 0.05) is 49.4 Å². The van der Waals surface area contributed by atoms with Gasteiger partial charge in [0.05, 0.1) is 0 Å². The van der Waals surface area contributed by atoms with Crippen LogP contribution < -0.4 is 0 Å². The lowest BCUT2D eigenvalue weighted by atomic mass is 9.96. The number of piperidine rings is 1. The van der Waals surface area contributed by atoms with E-state index < -0.39 is 12.1 Å². The summed E-state index contributed by atoms with van der Waals surface area (Å²) in [6, 6.07) is 13.4. The molecule has 9 nitrogen and oxygen atoms in total. The van der Waals surface area contributed by atoms with E-state index in [9.17, 15) is 18.0 Å². The fourth-order valence-electron chi connectivity index (χ4n) is 3.78. The van der Waals surface area contributed by atoms with Gasteiger partial charge in [-0.15, -0.1) is 0 Å². The molecule has 0 atom stereocenters. The average Bonchev–Trinajstić information content (AvgIpc) is 3.33. The number of likely N-dealkylation sites (tertiary alicyclic amines) is 1. The Morgan fingerprint density at radius 2 is 1.64 bits per heavy atom. The summed E-state index contributed by atoms with van der Waals surface area (Å²) in [6.45, 7) is 1.38. The Kier molecular flexibility index (Phi) is 7.23. The SMILES string of the molecule is O=C(O)C(F)(F)F.O=C(c1ccccn1)N1CCC(c2nc3ccc(-c4ccncc4)cn3n2)CC1. The van der Waals surface area contributed by atoms with Crippen molar-refractivity contribution in [2.24, 2.45) is 0 Å². The largest absolute Gasteiger partial charge is 0.490 e. The summed E-state index contributed by atoms with van der Waals surface area (Å²) in [5, 5.41) is 11.8. The highest BCUT2D eigenvalue weighted by Gasteiger charge is 2.38. The van der Waals surface area contributed by atoms with Crippen LogP contribution in [0.5, 0.6) is 0 Å². The number of halogens is 3. The van der Waals surface area contributed by atoms with E-state index in [4.69, 9.17) is 20.0 Å². The maximum absolute atomic E-state index is 12.6. The van der Waals surface area contributed by atoms with Crippen molar-refractivity contribution in [1.82, 2.24) is 29.5 Å². The molecule has 1 aliphatic rings. The Bertz CT molecular complexity index is 1340. The van der Waals surface area contributed by atoms with Gasteiger partial charge in [-0.05, 0) is 54.8 Å². The van der Waals surface area contributed by atoms with Crippen LogP contribution in [0.3, 0.4) is 0 Å². The van der Waals surface area contributed by atoms with E-state index in [1.807, 2.05) is 45.9 Å². The lowest BCUT2D eigenvalue weighted by Crippen LogP contribution is -2.38. The molecular formula is C24H21F3N6O3. The maximum atomic E-state index is 12.6. The molecule has 0 saturated carbocycles. The Morgan fingerprint density at radius 1 is 0.944 bits per heavy atom. The number of aromatic nitrogens is 5. The number of rotatable bonds is 3. The summed E-state index contributed by atoms with van der Waals surface area (Å²) in [4.78, 5) is 36.3. The van der Waals surface area contributed by atoms with Crippen LogP contribution in [0, 0.1) is 0 Å². The molecule has 1 N–H and O–H groups in total. The second-order valence-electron chi connectivity index (χ2n) is 8.01. The number of hydrogen-bond acceptors (Lipinski definition) is 6. The fourth-order valence-corrected chi connectivity index (χ4v) is 3.78. The summed E-state index contributed by atoms with van der Waals surface area (Å²) in [7, 11) is 0. The lowest BCUT2D eigenvalue weighted by molar-refractivity contribution is -0.192. The first-order valence-electron chi connectivity index (χ1n) is 11.0. The number of carbonyl (C=O) groups excluding carboxylic acids is 1. The molecule has 186 valence electrons.